The minimum absolute atomic E-state index is 0.00213. The first-order valence-corrected chi connectivity index (χ1v) is 5.21. The summed E-state index contributed by atoms with van der Waals surface area (Å²) in [6.45, 7) is 3.14. The van der Waals surface area contributed by atoms with E-state index in [0.717, 1.165) is 0 Å². The van der Waals surface area contributed by atoms with Crippen molar-refractivity contribution in [1.29, 1.82) is 5.26 Å². The Morgan fingerprint density at radius 1 is 1.50 bits per heavy atom. The predicted octanol–water partition coefficient (Wildman–Crippen LogP) is 0.764. The third-order valence-electron chi connectivity index (χ3n) is 2.76. The highest BCUT2D eigenvalue weighted by Gasteiger charge is 2.25. The maximum absolute atomic E-state index is 11.4. The SMILES string of the molecule is CC1CN(c2nccnc2C#N)CCC1=O. The Bertz CT molecular complexity index is 452. The molecule has 1 aromatic rings. The highest BCUT2D eigenvalue weighted by atomic mass is 16.1. The summed E-state index contributed by atoms with van der Waals surface area (Å²) >= 11 is 0. The maximum Gasteiger partial charge on any atom is 0.183 e. The first-order valence-electron chi connectivity index (χ1n) is 5.21. The molecule has 0 bridgehead atoms. The van der Waals surface area contributed by atoms with Gasteiger partial charge in [0.2, 0.25) is 0 Å². The van der Waals surface area contributed by atoms with Crippen LogP contribution in [0.25, 0.3) is 0 Å². The molecule has 1 saturated heterocycles. The van der Waals surface area contributed by atoms with Crippen LogP contribution in [0.1, 0.15) is 19.0 Å². The molecule has 0 saturated carbocycles. The summed E-state index contributed by atoms with van der Waals surface area (Å²) in [6.07, 6.45) is 3.58. The van der Waals surface area contributed by atoms with Crippen molar-refractivity contribution >= 4 is 11.6 Å². The molecule has 0 aromatic carbocycles. The third kappa shape index (κ3) is 1.87. The molecule has 1 unspecified atom stereocenters. The number of piperidine rings is 1. The molecule has 16 heavy (non-hydrogen) atoms. The Kier molecular flexibility index (Phi) is 2.82. The second kappa shape index (κ2) is 4.27. The second-order valence-corrected chi connectivity index (χ2v) is 3.90. The smallest absolute Gasteiger partial charge is 0.183 e. The van der Waals surface area contributed by atoms with Crippen molar-refractivity contribution in [3.63, 3.8) is 0 Å². The summed E-state index contributed by atoms with van der Waals surface area (Å²) in [6, 6.07) is 2.02. The molecule has 2 heterocycles. The fourth-order valence-electron chi connectivity index (χ4n) is 1.85. The van der Waals surface area contributed by atoms with Crippen LogP contribution in [0.5, 0.6) is 0 Å². The van der Waals surface area contributed by atoms with Crippen LogP contribution in [-0.2, 0) is 4.79 Å². The van der Waals surface area contributed by atoms with Gasteiger partial charge in [0.25, 0.3) is 0 Å². The zero-order valence-corrected chi connectivity index (χ0v) is 9.05. The van der Waals surface area contributed by atoms with Crippen LogP contribution in [0.15, 0.2) is 12.4 Å². The van der Waals surface area contributed by atoms with Gasteiger partial charge in [-0.25, -0.2) is 9.97 Å². The van der Waals surface area contributed by atoms with Crippen LogP contribution < -0.4 is 4.90 Å². The van der Waals surface area contributed by atoms with E-state index in [1.54, 1.807) is 6.20 Å². The van der Waals surface area contributed by atoms with Crippen LogP contribution in [-0.4, -0.2) is 28.8 Å². The molecule has 2 rings (SSSR count). The van der Waals surface area contributed by atoms with Crippen molar-refractivity contribution in [2.24, 2.45) is 5.92 Å². The van der Waals surface area contributed by atoms with E-state index in [4.69, 9.17) is 5.26 Å². The normalized spacial score (nSPS) is 20.6. The Hall–Kier alpha value is -1.96. The number of nitrogens with zero attached hydrogens (tertiary/aromatic N) is 4. The van der Waals surface area contributed by atoms with Crippen molar-refractivity contribution < 1.29 is 4.79 Å². The minimum Gasteiger partial charge on any atom is -0.353 e. The molecule has 1 atom stereocenters. The number of rotatable bonds is 1. The summed E-state index contributed by atoms with van der Waals surface area (Å²) in [5, 5.41) is 8.92. The maximum atomic E-state index is 11.4. The molecular formula is C11H12N4O. The molecule has 0 aliphatic carbocycles. The van der Waals surface area contributed by atoms with Gasteiger partial charge in [-0.3, -0.25) is 4.79 Å². The van der Waals surface area contributed by atoms with E-state index in [1.807, 2.05) is 17.9 Å². The van der Waals surface area contributed by atoms with Crippen molar-refractivity contribution in [3.8, 4) is 6.07 Å². The van der Waals surface area contributed by atoms with Gasteiger partial charge in [-0.15, -0.1) is 0 Å². The topological polar surface area (TPSA) is 69.9 Å². The number of hydrogen-bond donors (Lipinski definition) is 0. The van der Waals surface area contributed by atoms with Crippen molar-refractivity contribution in [2.75, 3.05) is 18.0 Å². The first-order chi connectivity index (χ1) is 7.72. The monoisotopic (exact) mass is 216 g/mol. The van der Waals surface area contributed by atoms with Crippen molar-refractivity contribution in [2.45, 2.75) is 13.3 Å². The molecule has 0 spiro atoms. The lowest BCUT2D eigenvalue weighted by molar-refractivity contribution is -0.122. The van der Waals surface area contributed by atoms with E-state index in [2.05, 4.69) is 9.97 Å². The van der Waals surface area contributed by atoms with Crippen LogP contribution in [0.2, 0.25) is 0 Å². The van der Waals surface area contributed by atoms with Gasteiger partial charge in [0.05, 0.1) is 0 Å². The summed E-state index contributed by atoms with van der Waals surface area (Å²) in [5.41, 5.74) is 0.323. The third-order valence-corrected chi connectivity index (χ3v) is 2.76. The number of aromatic nitrogens is 2. The molecule has 0 N–H and O–H groups in total. The highest BCUT2D eigenvalue weighted by molar-refractivity contribution is 5.83. The molecular weight excluding hydrogens is 204 g/mol. The number of carbonyl (C=O) groups is 1. The van der Waals surface area contributed by atoms with Gasteiger partial charge in [-0.05, 0) is 0 Å². The number of nitriles is 1. The van der Waals surface area contributed by atoms with E-state index < -0.39 is 0 Å². The van der Waals surface area contributed by atoms with Gasteiger partial charge in [-0.2, -0.15) is 5.26 Å². The van der Waals surface area contributed by atoms with Crippen molar-refractivity contribution in [3.05, 3.63) is 18.1 Å². The predicted molar refractivity (Wildman–Crippen MR) is 57.7 cm³/mol. The fourth-order valence-corrected chi connectivity index (χ4v) is 1.85. The second-order valence-electron chi connectivity index (χ2n) is 3.90. The Labute approximate surface area is 93.7 Å². The molecule has 1 aromatic heterocycles. The lowest BCUT2D eigenvalue weighted by Crippen LogP contribution is -2.40. The van der Waals surface area contributed by atoms with Crippen LogP contribution in [0.3, 0.4) is 0 Å². The molecule has 5 nitrogen and oxygen atoms in total. The Morgan fingerprint density at radius 3 is 2.94 bits per heavy atom. The lowest BCUT2D eigenvalue weighted by Gasteiger charge is -2.30. The van der Waals surface area contributed by atoms with Gasteiger partial charge >= 0.3 is 0 Å². The van der Waals surface area contributed by atoms with Gasteiger partial charge in [0.15, 0.2) is 11.5 Å². The van der Waals surface area contributed by atoms with Gasteiger partial charge in [0.1, 0.15) is 11.9 Å². The van der Waals surface area contributed by atoms with Gasteiger partial charge in [0, 0.05) is 37.8 Å². The number of anilines is 1. The zero-order valence-electron chi connectivity index (χ0n) is 9.05. The average Bonchev–Trinajstić information content (AvgIpc) is 2.32. The van der Waals surface area contributed by atoms with Gasteiger partial charge < -0.3 is 4.90 Å². The summed E-state index contributed by atoms with van der Waals surface area (Å²) in [7, 11) is 0. The van der Waals surface area contributed by atoms with Crippen LogP contribution in [0.4, 0.5) is 5.82 Å². The van der Waals surface area contributed by atoms with Crippen LogP contribution in [0, 0.1) is 17.2 Å². The summed E-state index contributed by atoms with van der Waals surface area (Å²) in [4.78, 5) is 21.5. The first kappa shape index (κ1) is 10.6. The molecule has 0 radical (unpaired) electrons. The van der Waals surface area contributed by atoms with E-state index >= 15 is 0 Å². The largest absolute Gasteiger partial charge is 0.353 e. The van der Waals surface area contributed by atoms with E-state index in [-0.39, 0.29) is 11.7 Å². The number of hydrogen-bond acceptors (Lipinski definition) is 5. The Balaban J connectivity index is 2.25. The summed E-state index contributed by atoms with van der Waals surface area (Å²) < 4.78 is 0. The standard InChI is InChI=1S/C11H12N4O/c1-8-7-15(5-2-10(8)16)11-9(6-12)13-3-4-14-11/h3-4,8H,2,5,7H2,1H3. The highest BCUT2D eigenvalue weighted by Crippen LogP contribution is 2.20. The van der Waals surface area contributed by atoms with E-state index in [9.17, 15) is 4.79 Å². The molecule has 82 valence electrons. The van der Waals surface area contributed by atoms with Crippen molar-refractivity contribution in [1.82, 2.24) is 9.97 Å². The molecule has 1 fully saturated rings. The van der Waals surface area contributed by atoms with E-state index in [1.165, 1.54) is 6.20 Å². The minimum atomic E-state index is 0.00213. The average molecular weight is 216 g/mol. The molecule has 1 aliphatic heterocycles. The zero-order chi connectivity index (χ0) is 11.5. The summed E-state index contributed by atoms with van der Waals surface area (Å²) in [5.74, 6) is 0.866. The number of Topliss-reactive ketones (excluding diaryl/α,β-unsaturated/α-hetero) is 1. The Morgan fingerprint density at radius 2 is 2.25 bits per heavy atom. The quantitative estimate of drug-likeness (QED) is 0.693. The van der Waals surface area contributed by atoms with E-state index in [0.29, 0.717) is 31.0 Å². The fraction of sp³-hybridized carbons (Fsp3) is 0.455. The van der Waals surface area contributed by atoms with Crippen LogP contribution >= 0.6 is 0 Å². The lowest BCUT2D eigenvalue weighted by atomic mass is 9.98. The molecule has 0 amide bonds. The van der Waals surface area contributed by atoms with Gasteiger partial charge in [-0.1, -0.05) is 6.92 Å². The number of carbonyl (C=O) groups excluding carboxylic acids is 1. The molecule has 1 aliphatic rings. The number of ketones is 1. The molecule has 5 heteroatoms.